The molecule has 2 N–H and O–H groups in total. The van der Waals surface area contributed by atoms with E-state index in [1.165, 1.54) is 36.3 Å². The molecule has 2 rings (SSSR count). The van der Waals surface area contributed by atoms with Crippen LogP contribution in [-0.2, 0) is 6.42 Å². The first-order valence-electron chi connectivity index (χ1n) is 6.18. The van der Waals surface area contributed by atoms with Crippen molar-refractivity contribution < 1.29 is 0 Å². The van der Waals surface area contributed by atoms with Crippen LogP contribution in [0.15, 0.2) is 12.3 Å². The monoisotopic (exact) mass is 238 g/mol. The average molecular weight is 238 g/mol. The van der Waals surface area contributed by atoms with Crippen molar-refractivity contribution in [2.24, 2.45) is 5.73 Å². The Hall–Kier alpha value is -0.410. The Balaban J connectivity index is 2.16. The lowest BCUT2D eigenvalue weighted by molar-refractivity contribution is 0.485. The highest BCUT2D eigenvalue weighted by Crippen LogP contribution is 2.31. The molecular formula is C13H22N2S. The highest BCUT2D eigenvalue weighted by Gasteiger charge is 2.21. The van der Waals surface area contributed by atoms with Crippen molar-refractivity contribution in [2.45, 2.75) is 44.7 Å². The van der Waals surface area contributed by atoms with Crippen molar-refractivity contribution in [3.8, 4) is 0 Å². The fourth-order valence-electron chi connectivity index (χ4n) is 2.59. The van der Waals surface area contributed by atoms with E-state index < -0.39 is 0 Å². The molecule has 0 aromatic carbocycles. The molecule has 2 nitrogen and oxygen atoms in total. The second kappa shape index (κ2) is 5.28. The fraction of sp³-hybridized carbons (Fsp3) is 0.692. The van der Waals surface area contributed by atoms with Gasteiger partial charge in [0.05, 0.1) is 0 Å². The molecule has 1 aliphatic rings. The summed E-state index contributed by atoms with van der Waals surface area (Å²) in [6, 6.07) is 3.12. The number of nitrogens with two attached hydrogens (primary N) is 1. The van der Waals surface area contributed by atoms with Gasteiger partial charge in [-0.1, -0.05) is 0 Å². The molecule has 0 spiro atoms. The van der Waals surface area contributed by atoms with Gasteiger partial charge in [0, 0.05) is 24.0 Å². The van der Waals surface area contributed by atoms with Crippen molar-refractivity contribution >= 4 is 11.8 Å². The van der Waals surface area contributed by atoms with Crippen LogP contribution in [0.4, 0.5) is 0 Å². The topological polar surface area (TPSA) is 30.9 Å². The zero-order chi connectivity index (χ0) is 11.5. The van der Waals surface area contributed by atoms with Crippen LogP contribution in [0.2, 0.25) is 0 Å². The highest BCUT2D eigenvalue weighted by atomic mass is 32.2. The third-order valence-corrected chi connectivity index (χ3v) is 4.25. The maximum atomic E-state index is 6.14. The standard InChI is InChI=1S/C13H22N2S/c1-10(7-9-16-2)15-8-6-11-12(14)4-3-5-13(11)15/h6,8,10,12H,3-5,7,9,14H2,1-2H3. The van der Waals surface area contributed by atoms with E-state index >= 15 is 0 Å². The van der Waals surface area contributed by atoms with E-state index in [4.69, 9.17) is 5.73 Å². The van der Waals surface area contributed by atoms with Gasteiger partial charge < -0.3 is 10.3 Å². The molecule has 0 radical (unpaired) electrons. The molecule has 1 aliphatic carbocycles. The summed E-state index contributed by atoms with van der Waals surface area (Å²) in [5.74, 6) is 1.24. The van der Waals surface area contributed by atoms with E-state index in [0.717, 1.165) is 6.42 Å². The molecule has 0 fully saturated rings. The lowest BCUT2D eigenvalue weighted by atomic mass is 9.93. The Morgan fingerprint density at radius 2 is 2.44 bits per heavy atom. The van der Waals surface area contributed by atoms with Gasteiger partial charge in [0.25, 0.3) is 0 Å². The first-order chi connectivity index (χ1) is 7.74. The van der Waals surface area contributed by atoms with Crippen LogP contribution in [-0.4, -0.2) is 16.6 Å². The molecule has 0 bridgehead atoms. The fourth-order valence-corrected chi connectivity index (χ4v) is 3.17. The van der Waals surface area contributed by atoms with Crippen LogP contribution in [0.3, 0.4) is 0 Å². The van der Waals surface area contributed by atoms with Crippen LogP contribution in [0.5, 0.6) is 0 Å². The van der Waals surface area contributed by atoms with E-state index in [1.54, 1.807) is 0 Å². The van der Waals surface area contributed by atoms with Crippen LogP contribution in [0, 0.1) is 0 Å². The Kier molecular flexibility index (Phi) is 3.98. The second-order valence-electron chi connectivity index (χ2n) is 4.75. The summed E-state index contributed by atoms with van der Waals surface area (Å²) in [6.45, 7) is 2.32. The van der Waals surface area contributed by atoms with Gasteiger partial charge in [-0.2, -0.15) is 11.8 Å². The van der Waals surface area contributed by atoms with Crippen LogP contribution >= 0.6 is 11.8 Å². The molecule has 0 saturated heterocycles. The summed E-state index contributed by atoms with van der Waals surface area (Å²) in [4.78, 5) is 0. The minimum Gasteiger partial charge on any atom is -0.348 e. The maximum Gasteiger partial charge on any atom is 0.0313 e. The van der Waals surface area contributed by atoms with Crippen LogP contribution in [0.25, 0.3) is 0 Å². The summed E-state index contributed by atoms with van der Waals surface area (Å²) < 4.78 is 2.45. The molecule has 0 saturated carbocycles. The normalized spacial score (nSPS) is 21.8. The Labute approximate surface area is 103 Å². The molecule has 1 aromatic rings. The molecule has 1 aromatic heterocycles. The summed E-state index contributed by atoms with van der Waals surface area (Å²) in [6.07, 6.45) is 9.26. The number of nitrogens with zero attached hydrogens (tertiary/aromatic N) is 1. The van der Waals surface area contributed by atoms with Gasteiger partial charge in [0.2, 0.25) is 0 Å². The molecular weight excluding hydrogens is 216 g/mol. The Morgan fingerprint density at radius 3 is 3.19 bits per heavy atom. The van der Waals surface area contributed by atoms with Gasteiger partial charge in [-0.15, -0.1) is 0 Å². The summed E-state index contributed by atoms with van der Waals surface area (Å²) >= 11 is 1.93. The van der Waals surface area contributed by atoms with Crippen molar-refractivity contribution in [2.75, 3.05) is 12.0 Å². The van der Waals surface area contributed by atoms with Gasteiger partial charge in [-0.25, -0.2) is 0 Å². The molecule has 3 heteroatoms. The number of hydrogen-bond donors (Lipinski definition) is 1. The van der Waals surface area contributed by atoms with Gasteiger partial charge >= 0.3 is 0 Å². The van der Waals surface area contributed by atoms with Crippen LogP contribution < -0.4 is 5.73 Å². The number of aromatic nitrogens is 1. The molecule has 2 atom stereocenters. The van der Waals surface area contributed by atoms with Crippen molar-refractivity contribution in [3.63, 3.8) is 0 Å². The molecule has 0 amide bonds. The minimum atomic E-state index is 0.276. The van der Waals surface area contributed by atoms with Gasteiger partial charge in [0.1, 0.15) is 0 Å². The number of hydrogen-bond acceptors (Lipinski definition) is 2. The summed E-state index contributed by atoms with van der Waals surface area (Å²) in [5.41, 5.74) is 9.03. The van der Waals surface area contributed by atoms with E-state index in [1.807, 2.05) is 11.8 Å². The number of rotatable bonds is 4. The van der Waals surface area contributed by atoms with Crippen LogP contribution in [0.1, 0.15) is 49.5 Å². The molecule has 16 heavy (non-hydrogen) atoms. The predicted molar refractivity (Wildman–Crippen MR) is 72.0 cm³/mol. The Bertz CT molecular complexity index is 346. The smallest absolute Gasteiger partial charge is 0.0313 e. The zero-order valence-corrected chi connectivity index (χ0v) is 11.1. The van der Waals surface area contributed by atoms with Gasteiger partial charge in [-0.3, -0.25) is 0 Å². The molecule has 0 aliphatic heterocycles. The lowest BCUT2D eigenvalue weighted by Crippen LogP contribution is -2.19. The predicted octanol–water partition coefficient (Wildman–Crippen LogP) is 3.14. The number of fused-ring (bicyclic) bond motifs is 1. The summed E-state index contributed by atoms with van der Waals surface area (Å²) in [7, 11) is 0. The van der Waals surface area contributed by atoms with E-state index in [9.17, 15) is 0 Å². The molecule has 2 unspecified atom stereocenters. The SMILES string of the molecule is CSCCC(C)n1ccc2c1CCCC2N. The summed E-state index contributed by atoms with van der Waals surface area (Å²) in [5, 5.41) is 0. The average Bonchev–Trinajstić information content (AvgIpc) is 2.71. The number of thioether (sulfide) groups is 1. The highest BCUT2D eigenvalue weighted by molar-refractivity contribution is 7.98. The molecule has 1 heterocycles. The first-order valence-corrected chi connectivity index (χ1v) is 7.57. The third kappa shape index (κ3) is 2.30. The second-order valence-corrected chi connectivity index (χ2v) is 5.74. The van der Waals surface area contributed by atoms with Crippen molar-refractivity contribution in [1.82, 2.24) is 4.57 Å². The minimum absolute atomic E-state index is 0.276. The lowest BCUT2D eigenvalue weighted by Gasteiger charge is -2.23. The third-order valence-electron chi connectivity index (χ3n) is 3.60. The Morgan fingerprint density at radius 1 is 1.62 bits per heavy atom. The maximum absolute atomic E-state index is 6.14. The van der Waals surface area contributed by atoms with Crippen molar-refractivity contribution in [1.29, 1.82) is 0 Å². The van der Waals surface area contributed by atoms with Crippen molar-refractivity contribution in [3.05, 3.63) is 23.5 Å². The quantitative estimate of drug-likeness (QED) is 0.873. The van der Waals surface area contributed by atoms with Gasteiger partial charge in [0.15, 0.2) is 0 Å². The first kappa shape index (κ1) is 12.1. The largest absolute Gasteiger partial charge is 0.348 e. The molecule has 90 valence electrons. The van der Waals surface area contributed by atoms with E-state index in [2.05, 4.69) is 30.0 Å². The zero-order valence-electron chi connectivity index (χ0n) is 10.3. The van der Waals surface area contributed by atoms with Gasteiger partial charge in [-0.05, 0) is 56.2 Å². The van der Waals surface area contributed by atoms with E-state index in [-0.39, 0.29) is 6.04 Å². The van der Waals surface area contributed by atoms with E-state index in [0.29, 0.717) is 6.04 Å².